The van der Waals surface area contributed by atoms with Gasteiger partial charge in [-0.2, -0.15) is 0 Å². The van der Waals surface area contributed by atoms with Crippen molar-refractivity contribution in [2.24, 2.45) is 0 Å². The van der Waals surface area contributed by atoms with Gasteiger partial charge in [0.1, 0.15) is 5.75 Å². The summed E-state index contributed by atoms with van der Waals surface area (Å²) in [6.45, 7) is 1.51. The van der Waals surface area contributed by atoms with Gasteiger partial charge in [0.15, 0.2) is 0 Å². The van der Waals surface area contributed by atoms with Gasteiger partial charge in [-0.05, 0) is 29.8 Å². The number of carbonyl (C=O) groups excluding carboxylic acids is 2. The smallest absolute Gasteiger partial charge is 0.228 e. The molecule has 0 spiro atoms. The molecule has 5 heteroatoms. The summed E-state index contributed by atoms with van der Waals surface area (Å²) in [5.41, 5.74) is 2.32. The van der Waals surface area contributed by atoms with Crippen LogP contribution >= 0.6 is 0 Å². The lowest BCUT2D eigenvalue weighted by Gasteiger charge is -2.15. The lowest BCUT2D eigenvalue weighted by molar-refractivity contribution is -0.116. The molecule has 23 heavy (non-hydrogen) atoms. The Morgan fingerprint density at radius 2 is 1.74 bits per heavy atom. The Balaban J connectivity index is 2.02. The van der Waals surface area contributed by atoms with Gasteiger partial charge in [-0.3, -0.25) is 9.59 Å². The van der Waals surface area contributed by atoms with Crippen molar-refractivity contribution in [1.82, 2.24) is 0 Å². The molecule has 0 radical (unpaired) electrons. The number of nitrogens with zero attached hydrogens (tertiary/aromatic N) is 1. The van der Waals surface area contributed by atoms with Crippen LogP contribution < -0.4 is 15.0 Å². The van der Waals surface area contributed by atoms with Crippen molar-refractivity contribution in [2.45, 2.75) is 13.3 Å². The Bertz CT molecular complexity index is 696. The highest BCUT2D eigenvalue weighted by atomic mass is 16.5. The number of nitrogens with one attached hydrogen (secondary N) is 1. The molecule has 0 aromatic heterocycles. The summed E-state index contributed by atoms with van der Waals surface area (Å²) < 4.78 is 5.21. The van der Waals surface area contributed by atoms with Gasteiger partial charge < -0.3 is 15.0 Å². The molecule has 120 valence electrons. The van der Waals surface area contributed by atoms with Crippen molar-refractivity contribution in [3.05, 3.63) is 54.1 Å². The van der Waals surface area contributed by atoms with E-state index in [-0.39, 0.29) is 18.2 Å². The molecule has 0 aliphatic carbocycles. The van der Waals surface area contributed by atoms with Crippen molar-refractivity contribution in [3.63, 3.8) is 0 Å². The van der Waals surface area contributed by atoms with Gasteiger partial charge in [0.05, 0.1) is 19.2 Å². The number of carbonyl (C=O) groups is 2. The van der Waals surface area contributed by atoms with Gasteiger partial charge in [-0.25, -0.2) is 0 Å². The number of amides is 2. The third kappa shape index (κ3) is 4.32. The number of rotatable bonds is 5. The minimum absolute atomic E-state index is 0.0355. The molecule has 0 aliphatic heterocycles. The highest BCUT2D eigenvalue weighted by Gasteiger charge is 2.09. The fraction of sp³-hybridized carbons (Fsp3) is 0.222. The summed E-state index contributed by atoms with van der Waals surface area (Å²) in [6.07, 6.45) is 0.252. The minimum atomic E-state index is -0.123. The van der Waals surface area contributed by atoms with Crippen molar-refractivity contribution >= 4 is 23.2 Å². The molecule has 0 heterocycles. The van der Waals surface area contributed by atoms with Gasteiger partial charge in [0, 0.05) is 19.7 Å². The Morgan fingerprint density at radius 3 is 2.35 bits per heavy atom. The second kappa shape index (κ2) is 7.45. The average Bonchev–Trinajstić information content (AvgIpc) is 2.55. The SMILES string of the molecule is COc1ccccc1NC(=O)Cc1ccc(N(C)C(C)=O)cc1. The van der Waals surface area contributed by atoms with Crippen LogP contribution in [0.4, 0.5) is 11.4 Å². The summed E-state index contributed by atoms with van der Waals surface area (Å²) in [5, 5.41) is 2.84. The van der Waals surface area contributed by atoms with Crippen molar-refractivity contribution in [3.8, 4) is 5.75 Å². The second-order valence-corrected chi connectivity index (χ2v) is 5.17. The Morgan fingerprint density at radius 1 is 1.09 bits per heavy atom. The van der Waals surface area contributed by atoms with E-state index in [2.05, 4.69) is 5.32 Å². The molecule has 2 amide bonds. The zero-order valence-electron chi connectivity index (χ0n) is 13.5. The lowest BCUT2D eigenvalue weighted by Crippen LogP contribution is -2.22. The molecule has 0 unspecified atom stereocenters. The highest BCUT2D eigenvalue weighted by molar-refractivity contribution is 5.94. The normalized spacial score (nSPS) is 10.0. The summed E-state index contributed by atoms with van der Waals surface area (Å²) in [6, 6.07) is 14.6. The van der Waals surface area contributed by atoms with Crippen LogP contribution in [0, 0.1) is 0 Å². The largest absolute Gasteiger partial charge is 0.495 e. The first-order chi connectivity index (χ1) is 11.0. The quantitative estimate of drug-likeness (QED) is 0.923. The van der Waals surface area contributed by atoms with Crippen molar-refractivity contribution in [2.75, 3.05) is 24.4 Å². The van der Waals surface area contributed by atoms with Crippen LogP contribution in [0.3, 0.4) is 0 Å². The predicted octanol–water partition coefficient (Wildman–Crippen LogP) is 2.86. The van der Waals surface area contributed by atoms with E-state index in [0.29, 0.717) is 11.4 Å². The Hall–Kier alpha value is -2.82. The fourth-order valence-corrected chi connectivity index (χ4v) is 2.15. The number of ether oxygens (including phenoxy) is 1. The monoisotopic (exact) mass is 312 g/mol. The van der Waals surface area contributed by atoms with Gasteiger partial charge in [0.25, 0.3) is 0 Å². The minimum Gasteiger partial charge on any atom is -0.495 e. The zero-order chi connectivity index (χ0) is 16.8. The number of hydrogen-bond acceptors (Lipinski definition) is 3. The maximum atomic E-state index is 12.1. The molecule has 2 aromatic rings. The standard InChI is InChI=1S/C18H20N2O3/c1-13(21)20(2)15-10-8-14(9-11-15)12-18(22)19-16-6-4-5-7-17(16)23-3/h4-11H,12H2,1-3H3,(H,19,22). The number of hydrogen-bond donors (Lipinski definition) is 1. The van der Waals surface area contributed by atoms with Crippen LogP contribution in [-0.2, 0) is 16.0 Å². The summed E-state index contributed by atoms with van der Waals surface area (Å²) >= 11 is 0. The maximum Gasteiger partial charge on any atom is 0.228 e. The van der Waals surface area contributed by atoms with Crippen LogP contribution in [0.2, 0.25) is 0 Å². The predicted molar refractivity (Wildman–Crippen MR) is 90.9 cm³/mol. The molecule has 0 bridgehead atoms. The van der Waals surface area contributed by atoms with E-state index in [1.807, 2.05) is 36.4 Å². The number of benzene rings is 2. The molecular formula is C18H20N2O3. The highest BCUT2D eigenvalue weighted by Crippen LogP contribution is 2.23. The van der Waals surface area contributed by atoms with Gasteiger partial charge >= 0.3 is 0 Å². The summed E-state index contributed by atoms with van der Waals surface area (Å²) in [4.78, 5) is 25.0. The Kier molecular flexibility index (Phi) is 5.36. The van der Waals surface area contributed by atoms with E-state index in [4.69, 9.17) is 4.74 Å². The molecule has 0 aliphatic rings. The van der Waals surface area contributed by atoms with E-state index in [9.17, 15) is 9.59 Å². The topological polar surface area (TPSA) is 58.6 Å². The van der Waals surface area contributed by atoms with Crippen LogP contribution in [0.15, 0.2) is 48.5 Å². The molecule has 0 saturated carbocycles. The van der Waals surface area contributed by atoms with Gasteiger partial charge in [-0.15, -0.1) is 0 Å². The first-order valence-corrected chi connectivity index (χ1v) is 7.27. The number of anilines is 2. The molecule has 2 aromatic carbocycles. The molecule has 2 rings (SSSR count). The molecular weight excluding hydrogens is 292 g/mol. The third-order valence-electron chi connectivity index (χ3n) is 3.54. The molecule has 0 atom stereocenters. The lowest BCUT2D eigenvalue weighted by atomic mass is 10.1. The third-order valence-corrected chi connectivity index (χ3v) is 3.54. The molecule has 0 saturated heterocycles. The van der Waals surface area contributed by atoms with Gasteiger partial charge in [-0.1, -0.05) is 24.3 Å². The van der Waals surface area contributed by atoms with Crippen LogP contribution in [0.1, 0.15) is 12.5 Å². The number of para-hydroxylation sites is 2. The summed E-state index contributed by atoms with van der Waals surface area (Å²) in [5.74, 6) is 0.466. The van der Waals surface area contributed by atoms with Gasteiger partial charge in [0.2, 0.25) is 11.8 Å². The average molecular weight is 312 g/mol. The van der Waals surface area contributed by atoms with Crippen LogP contribution in [-0.4, -0.2) is 26.0 Å². The molecule has 0 fully saturated rings. The Labute approximate surface area is 135 Å². The van der Waals surface area contributed by atoms with Crippen molar-refractivity contribution in [1.29, 1.82) is 0 Å². The fourth-order valence-electron chi connectivity index (χ4n) is 2.15. The van der Waals surface area contributed by atoms with Crippen LogP contribution in [0.5, 0.6) is 5.75 Å². The van der Waals surface area contributed by atoms with E-state index in [1.54, 1.807) is 31.2 Å². The van der Waals surface area contributed by atoms with Crippen molar-refractivity contribution < 1.29 is 14.3 Å². The summed E-state index contributed by atoms with van der Waals surface area (Å²) in [7, 11) is 3.28. The van der Waals surface area contributed by atoms with E-state index in [0.717, 1.165) is 11.3 Å². The number of methoxy groups -OCH3 is 1. The van der Waals surface area contributed by atoms with Crippen LogP contribution in [0.25, 0.3) is 0 Å². The second-order valence-electron chi connectivity index (χ2n) is 5.17. The molecule has 5 nitrogen and oxygen atoms in total. The molecule has 1 N–H and O–H groups in total. The first kappa shape index (κ1) is 16.5. The maximum absolute atomic E-state index is 12.1. The van der Waals surface area contributed by atoms with E-state index >= 15 is 0 Å². The first-order valence-electron chi connectivity index (χ1n) is 7.27. The van der Waals surface area contributed by atoms with E-state index in [1.165, 1.54) is 6.92 Å². The zero-order valence-corrected chi connectivity index (χ0v) is 13.5. The van der Waals surface area contributed by atoms with E-state index < -0.39 is 0 Å².